The second kappa shape index (κ2) is 35.0. The summed E-state index contributed by atoms with van der Waals surface area (Å²) in [5.41, 5.74) is 0. The Bertz CT molecular complexity index is 12.9. The average molecular weight is 188 g/mol. The minimum atomic E-state index is 0. The van der Waals surface area contributed by atoms with E-state index in [4.69, 9.17) is 0 Å². The van der Waals surface area contributed by atoms with Gasteiger partial charge in [0.25, 0.3) is 0 Å². The molecule has 0 heterocycles. The van der Waals surface area contributed by atoms with E-state index in [1.807, 2.05) is 0 Å². The zero-order chi connectivity index (χ0) is 0. The molecule has 0 aromatic rings. The molecule has 0 aromatic heterocycles. The van der Waals surface area contributed by atoms with Crippen molar-refractivity contribution < 1.29 is 20.2 Å². The summed E-state index contributed by atoms with van der Waals surface area (Å²) < 4.78 is 0. The molecule has 0 spiro atoms. The largest absolute Gasteiger partial charge is 2.00 e. The Hall–Kier alpha value is 2.17. The van der Waals surface area contributed by atoms with Crippen molar-refractivity contribution in [3.63, 3.8) is 0 Å². The first-order valence-electron chi connectivity index (χ1n) is 0. The number of hydrogen-bond donors (Lipinski definition) is 0. The van der Waals surface area contributed by atoms with Gasteiger partial charge >= 0.3 is 23.1 Å². The van der Waals surface area contributed by atoms with Crippen molar-refractivity contribution in [2.45, 2.75) is 0 Å². The van der Waals surface area contributed by atoms with Crippen LogP contribution in [-0.4, -0.2) is 23.1 Å². The molecule has 0 saturated carbocycles. The summed E-state index contributed by atoms with van der Waals surface area (Å²) in [6, 6.07) is 0. The molecule has 5 heavy (non-hydrogen) atoms. The molecule has 0 N–H and O–H groups in total. The van der Waals surface area contributed by atoms with Crippen LogP contribution in [0, 0.1) is 0 Å². The van der Waals surface area contributed by atoms with E-state index in [0.29, 0.717) is 0 Å². The molecule has 0 atom stereocenters. The van der Waals surface area contributed by atoms with Gasteiger partial charge in [-0.25, -0.2) is 0 Å². The van der Waals surface area contributed by atoms with Crippen LogP contribution in [-0.2, 0) is 17.4 Å². The summed E-state index contributed by atoms with van der Waals surface area (Å²) in [4.78, 5) is 0. The van der Waals surface area contributed by atoms with Crippen LogP contribution in [0.1, 0.15) is 2.85 Å². The van der Waals surface area contributed by atoms with Gasteiger partial charge in [-0.2, -0.15) is 0 Å². The zero-order valence-corrected chi connectivity index (χ0v) is 7.48. The third-order valence-electron chi connectivity index (χ3n) is 0. The van der Waals surface area contributed by atoms with Crippen molar-refractivity contribution in [1.29, 1.82) is 0 Å². The van der Waals surface area contributed by atoms with Crippen molar-refractivity contribution >= 4 is 60.3 Å². The summed E-state index contributed by atoms with van der Waals surface area (Å²) in [6.45, 7) is 0. The van der Waals surface area contributed by atoms with Crippen LogP contribution < -0.4 is 0 Å². The normalized spacial score (nSPS) is 0. The van der Waals surface area contributed by atoms with E-state index in [1.165, 1.54) is 0 Å². The Morgan fingerprint density at radius 1 is 0.800 bits per heavy atom. The number of rotatable bonds is 0. The van der Waals surface area contributed by atoms with Crippen molar-refractivity contribution in [2.75, 3.05) is 0 Å². The molecule has 0 fully saturated rings. The van der Waals surface area contributed by atoms with Gasteiger partial charge in [0.15, 0.2) is 0 Å². The molecule has 0 rings (SSSR count). The fourth-order valence-corrected chi connectivity index (χ4v) is 0. The Kier molecular flexibility index (Phi) is 406. The predicted octanol–water partition coefficient (Wildman–Crippen LogP) is 1.11. The van der Waals surface area contributed by atoms with Gasteiger partial charge in [0.05, 0.1) is 0 Å². The van der Waals surface area contributed by atoms with Gasteiger partial charge in [0, 0.05) is 17.4 Å². The minimum Gasteiger partial charge on any atom is -1.00 e. The summed E-state index contributed by atoms with van der Waals surface area (Å²) >= 11 is 0. The van der Waals surface area contributed by atoms with Crippen LogP contribution in [0.4, 0.5) is 0 Å². The van der Waals surface area contributed by atoms with Gasteiger partial charge in [-0.15, -0.1) is 37.2 Å². The summed E-state index contributed by atoms with van der Waals surface area (Å²) in [5.74, 6) is 0. The molecule has 0 aliphatic heterocycles. The van der Waals surface area contributed by atoms with E-state index in [2.05, 4.69) is 0 Å². The van der Waals surface area contributed by atoms with Crippen LogP contribution in [0.25, 0.3) is 0 Å². The second-order valence-corrected chi connectivity index (χ2v) is 0. The van der Waals surface area contributed by atoms with Crippen molar-refractivity contribution in [2.24, 2.45) is 0 Å². The summed E-state index contributed by atoms with van der Waals surface area (Å²) in [6.07, 6.45) is 0. The number of hydrogen-bond acceptors (Lipinski definition) is 0. The Balaban J connectivity index is 0. The molecule has 0 nitrogen and oxygen atoms in total. The molecule has 0 amide bonds. The van der Waals surface area contributed by atoms with Crippen molar-refractivity contribution in [3.8, 4) is 0 Å². The van der Waals surface area contributed by atoms with E-state index in [9.17, 15) is 0 Å². The molecule has 0 aliphatic rings. The van der Waals surface area contributed by atoms with Crippen LogP contribution in [0.5, 0.6) is 0 Å². The fourth-order valence-electron chi connectivity index (χ4n) is 0. The first kappa shape index (κ1) is 58.0. The first-order valence-corrected chi connectivity index (χ1v) is 0. The molecule has 34 valence electrons. The monoisotopic (exact) mass is 186 g/mol. The van der Waals surface area contributed by atoms with Crippen LogP contribution >= 0.6 is 37.2 Å². The van der Waals surface area contributed by atoms with Gasteiger partial charge in [-0.3, -0.25) is 0 Å². The molecular weight excluding hydrogens is 183 g/mol. The van der Waals surface area contributed by atoms with Gasteiger partial charge in [0.2, 0.25) is 0 Å². The standard InChI is InChI=1S/3ClH.Cr.Mg.2H/h3*1H;;;;/q;;;;+2;2*-1. The molecule has 5 heteroatoms. The van der Waals surface area contributed by atoms with Crippen molar-refractivity contribution in [1.82, 2.24) is 0 Å². The van der Waals surface area contributed by atoms with Crippen LogP contribution in [0.3, 0.4) is 0 Å². The van der Waals surface area contributed by atoms with Gasteiger partial charge in [0.1, 0.15) is 0 Å². The summed E-state index contributed by atoms with van der Waals surface area (Å²) in [7, 11) is 0. The van der Waals surface area contributed by atoms with Crippen LogP contribution in [0.15, 0.2) is 0 Å². The summed E-state index contributed by atoms with van der Waals surface area (Å²) in [5, 5.41) is 0. The zero-order valence-electron chi connectivity index (χ0n) is 4.34. The third kappa shape index (κ3) is 22.8. The predicted molar refractivity (Wildman–Crippen MR) is 29.7 cm³/mol. The maximum atomic E-state index is 0. The molecule has 0 bridgehead atoms. The van der Waals surface area contributed by atoms with Gasteiger partial charge in [-0.05, 0) is 0 Å². The second-order valence-electron chi connectivity index (χ2n) is 0. The first-order chi connectivity index (χ1) is 0. The smallest absolute Gasteiger partial charge is 1.00 e. The topological polar surface area (TPSA) is 0 Å². The van der Waals surface area contributed by atoms with Crippen molar-refractivity contribution in [3.05, 3.63) is 0 Å². The Morgan fingerprint density at radius 2 is 0.800 bits per heavy atom. The van der Waals surface area contributed by atoms with E-state index in [1.54, 1.807) is 0 Å². The number of halogens is 3. The van der Waals surface area contributed by atoms with E-state index in [0.717, 1.165) is 0 Å². The molecule has 0 radical (unpaired) electrons. The van der Waals surface area contributed by atoms with Gasteiger partial charge in [-0.1, -0.05) is 0 Å². The average Bonchev–Trinajstić information content (AvgIpc) is 0. The van der Waals surface area contributed by atoms with Gasteiger partial charge < -0.3 is 2.85 Å². The van der Waals surface area contributed by atoms with E-state index in [-0.39, 0.29) is 80.5 Å². The molecule has 0 aromatic carbocycles. The van der Waals surface area contributed by atoms with E-state index < -0.39 is 0 Å². The molecule has 0 unspecified atom stereocenters. The SMILES string of the molecule is Cl.Cl.Cl.[Cr].[H-].[H-].[Mg+2]. The quantitative estimate of drug-likeness (QED) is 0.499. The maximum Gasteiger partial charge on any atom is 2.00 e. The Morgan fingerprint density at radius 3 is 0.800 bits per heavy atom. The minimum absolute atomic E-state index is 0. The molecule has 0 saturated heterocycles. The maximum absolute atomic E-state index is 0. The molecule has 0 aliphatic carbocycles. The third-order valence-corrected chi connectivity index (χ3v) is 0. The molecular formula is H5Cl3CrMg. The Labute approximate surface area is 79.9 Å². The van der Waals surface area contributed by atoms with Crippen LogP contribution in [0.2, 0.25) is 0 Å². The van der Waals surface area contributed by atoms with E-state index >= 15 is 0 Å². The fraction of sp³-hybridized carbons (Fsp3) is 0.